The molecule has 5 aromatic carbocycles. The molecule has 0 saturated heterocycles. The quantitative estimate of drug-likeness (QED) is 0.240. The lowest BCUT2D eigenvalue weighted by Gasteiger charge is -2.11. The smallest absolute Gasteiger partial charge is 0.189 e. The topological polar surface area (TPSA) is 38.0 Å². The second kappa shape index (κ2) is 7.60. The van der Waals surface area contributed by atoms with Crippen molar-refractivity contribution in [3.63, 3.8) is 0 Å². The van der Waals surface area contributed by atoms with E-state index in [1.165, 1.54) is 5.39 Å². The molecule has 7 rings (SSSR count). The summed E-state index contributed by atoms with van der Waals surface area (Å²) in [5.41, 5.74) is 7.62. The summed E-state index contributed by atoms with van der Waals surface area (Å²) in [6.07, 6.45) is 0. The molecule has 4 heteroatoms. The molecule has 0 N–H and O–H groups in total. The Bertz CT molecular complexity index is 2080. The van der Waals surface area contributed by atoms with Crippen molar-refractivity contribution in [1.82, 2.24) is 9.13 Å². The summed E-state index contributed by atoms with van der Waals surface area (Å²) in [5, 5.41) is 14.0. The number of rotatable bonds is 2. The van der Waals surface area contributed by atoms with Gasteiger partial charge in [-0.2, -0.15) is 5.26 Å². The molecule has 0 aliphatic rings. The van der Waals surface area contributed by atoms with E-state index in [0.717, 1.165) is 49.6 Å². The number of fused-ring (bicyclic) bond motifs is 6. The highest BCUT2D eigenvalue weighted by Gasteiger charge is 2.16. The lowest BCUT2D eigenvalue weighted by atomic mass is 10.1. The molecule has 0 unspecified atom stereocenters. The maximum Gasteiger partial charge on any atom is 0.189 e. The predicted octanol–water partition coefficient (Wildman–Crippen LogP) is 8.30. The van der Waals surface area contributed by atoms with E-state index >= 15 is 0 Å². The van der Waals surface area contributed by atoms with Crippen molar-refractivity contribution in [2.75, 3.05) is 0 Å². The Hall–Kier alpha value is -5.32. The average molecular weight is 459 g/mol. The molecule has 2 heterocycles. The fraction of sp³-hybridized carbons (Fsp3) is 0. The van der Waals surface area contributed by atoms with E-state index in [4.69, 9.17) is 6.57 Å². The Balaban J connectivity index is 1.59. The van der Waals surface area contributed by atoms with Gasteiger partial charge in [-0.25, -0.2) is 4.85 Å². The summed E-state index contributed by atoms with van der Waals surface area (Å²) in [4.78, 5) is 3.65. The second-order valence-corrected chi connectivity index (χ2v) is 8.88. The third kappa shape index (κ3) is 2.79. The first kappa shape index (κ1) is 20.1. The number of aromatic nitrogens is 2. The van der Waals surface area contributed by atoms with Crippen molar-refractivity contribution in [2.24, 2.45) is 0 Å². The SMILES string of the molecule is [C-]#[N+]c1cccc(-n2c3ccccc3c3ccc(-n4c5ccccc5c5cc(C#N)ccc54)cc32)c1. The van der Waals surface area contributed by atoms with E-state index in [-0.39, 0.29) is 0 Å². The zero-order chi connectivity index (χ0) is 24.2. The van der Waals surface area contributed by atoms with Crippen LogP contribution in [0, 0.1) is 17.9 Å². The van der Waals surface area contributed by atoms with E-state index in [9.17, 15) is 5.26 Å². The van der Waals surface area contributed by atoms with E-state index in [0.29, 0.717) is 11.3 Å². The van der Waals surface area contributed by atoms with Gasteiger partial charge < -0.3 is 9.13 Å². The van der Waals surface area contributed by atoms with Crippen LogP contribution in [-0.2, 0) is 0 Å². The third-order valence-electron chi connectivity index (χ3n) is 6.93. The van der Waals surface area contributed by atoms with Crippen LogP contribution < -0.4 is 0 Å². The van der Waals surface area contributed by atoms with Gasteiger partial charge in [0.15, 0.2) is 5.69 Å². The van der Waals surface area contributed by atoms with Crippen LogP contribution in [0.4, 0.5) is 5.69 Å². The van der Waals surface area contributed by atoms with E-state index < -0.39 is 0 Å². The Morgan fingerprint density at radius 2 is 1.19 bits per heavy atom. The number of nitriles is 1. The Morgan fingerprint density at radius 1 is 0.556 bits per heavy atom. The monoisotopic (exact) mass is 458 g/mol. The lowest BCUT2D eigenvalue weighted by Crippen LogP contribution is -1.96. The molecule has 0 atom stereocenters. The van der Waals surface area contributed by atoms with Crippen LogP contribution in [0.1, 0.15) is 5.56 Å². The average Bonchev–Trinajstić information content (AvgIpc) is 3.45. The summed E-state index contributed by atoms with van der Waals surface area (Å²) < 4.78 is 4.51. The fourth-order valence-corrected chi connectivity index (χ4v) is 5.40. The standard InChI is InChI=1S/C32H18N4/c1-34-22-7-6-8-23(18-22)36-29-11-4-2-9-25(29)27-15-14-24(19-32(27)36)35-30-12-5-3-10-26(30)28-17-21(20-33)13-16-31(28)35/h2-19H. The molecule has 166 valence electrons. The third-order valence-corrected chi connectivity index (χ3v) is 6.93. The molecular formula is C32H18N4. The van der Waals surface area contributed by atoms with Crippen LogP contribution in [0.5, 0.6) is 0 Å². The highest BCUT2D eigenvalue weighted by Crippen LogP contribution is 2.37. The van der Waals surface area contributed by atoms with Crippen LogP contribution >= 0.6 is 0 Å². The molecule has 0 amide bonds. The minimum Gasteiger partial charge on any atom is -0.310 e. The van der Waals surface area contributed by atoms with Gasteiger partial charge in [-0.15, -0.1) is 0 Å². The molecule has 7 aromatic rings. The molecule has 0 bridgehead atoms. The molecule has 0 aliphatic carbocycles. The number of benzene rings is 5. The predicted molar refractivity (Wildman–Crippen MR) is 146 cm³/mol. The second-order valence-electron chi connectivity index (χ2n) is 8.88. The summed E-state index contributed by atoms with van der Waals surface area (Å²) in [7, 11) is 0. The van der Waals surface area contributed by atoms with Crippen molar-refractivity contribution in [3.8, 4) is 17.4 Å². The zero-order valence-corrected chi connectivity index (χ0v) is 19.2. The number of para-hydroxylation sites is 2. The highest BCUT2D eigenvalue weighted by molar-refractivity contribution is 6.12. The minimum atomic E-state index is 0.616. The van der Waals surface area contributed by atoms with Gasteiger partial charge in [0.1, 0.15) is 0 Å². The van der Waals surface area contributed by atoms with Gasteiger partial charge >= 0.3 is 0 Å². The number of hydrogen-bond acceptors (Lipinski definition) is 1. The summed E-state index contributed by atoms with van der Waals surface area (Å²) in [6, 6.07) is 39.2. The van der Waals surface area contributed by atoms with Gasteiger partial charge in [0.05, 0.1) is 40.3 Å². The molecule has 0 saturated carbocycles. The van der Waals surface area contributed by atoms with Crippen LogP contribution in [0.25, 0.3) is 59.8 Å². The first-order chi connectivity index (χ1) is 17.8. The molecule has 0 spiro atoms. The molecular weight excluding hydrogens is 440 g/mol. The van der Waals surface area contributed by atoms with Crippen molar-refractivity contribution >= 4 is 49.3 Å². The van der Waals surface area contributed by atoms with Crippen LogP contribution in [0.2, 0.25) is 0 Å². The Kier molecular flexibility index (Phi) is 4.24. The van der Waals surface area contributed by atoms with E-state index in [2.05, 4.69) is 80.7 Å². The van der Waals surface area contributed by atoms with Crippen molar-refractivity contribution < 1.29 is 0 Å². The summed E-state index contributed by atoms with van der Waals surface area (Å²) in [5.74, 6) is 0. The number of hydrogen-bond donors (Lipinski definition) is 0. The maximum atomic E-state index is 9.48. The minimum absolute atomic E-state index is 0.616. The Morgan fingerprint density at radius 3 is 1.94 bits per heavy atom. The van der Waals surface area contributed by atoms with Crippen LogP contribution in [-0.4, -0.2) is 9.13 Å². The molecule has 36 heavy (non-hydrogen) atoms. The van der Waals surface area contributed by atoms with Gasteiger partial charge in [-0.1, -0.05) is 54.6 Å². The zero-order valence-electron chi connectivity index (χ0n) is 19.2. The molecule has 0 radical (unpaired) electrons. The highest BCUT2D eigenvalue weighted by atomic mass is 15.0. The molecule has 0 aliphatic heterocycles. The molecule has 0 fully saturated rings. The summed E-state index contributed by atoms with van der Waals surface area (Å²) >= 11 is 0. The largest absolute Gasteiger partial charge is 0.310 e. The number of nitrogens with zero attached hydrogens (tertiary/aromatic N) is 4. The van der Waals surface area contributed by atoms with Gasteiger partial charge in [-0.05, 0) is 54.6 Å². The van der Waals surface area contributed by atoms with Crippen LogP contribution in [0.3, 0.4) is 0 Å². The first-order valence-electron chi connectivity index (χ1n) is 11.7. The molecule has 2 aromatic heterocycles. The van der Waals surface area contributed by atoms with Crippen LogP contribution in [0.15, 0.2) is 109 Å². The maximum absolute atomic E-state index is 9.48. The lowest BCUT2D eigenvalue weighted by molar-refractivity contribution is 1.16. The van der Waals surface area contributed by atoms with Crippen molar-refractivity contribution in [1.29, 1.82) is 5.26 Å². The summed E-state index contributed by atoms with van der Waals surface area (Å²) in [6.45, 7) is 7.50. The Labute approximate surface area is 207 Å². The normalized spacial score (nSPS) is 11.3. The van der Waals surface area contributed by atoms with Gasteiger partial charge in [0.2, 0.25) is 0 Å². The fourth-order valence-electron chi connectivity index (χ4n) is 5.40. The van der Waals surface area contributed by atoms with Crippen molar-refractivity contribution in [2.45, 2.75) is 0 Å². The van der Waals surface area contributed by atoms with Gasteiger partial charge in [0, 0.05) is 32.9 Å². The van der Waals surface area contributed by atoms with E-state index in [1.54, 1.807) is 0 Å². The van der Waals surface area contributed by atoms with Gasteiger partial charge in [-0.3, -0.25) is 0 Å². The molecule has 4 nitrogen and oxygen atoms in total. The van der Waals surface area contributed by atoms with Crippen molar-refractivity contribution in [3.05, 3.63) is 126 Å². The van der Waals surface area contributed by atoms with E-state index in [1.807, 2.05) is 48.5 Å². The first-order valence-corrected chi connectivity index (χ1v) is 11.7. The van der Waals surface area contributed by atoms with Gasteiger partial charge in [0.25, 0.3) is 0 Å².